The van der Waals surface area contributed by atoms with Gasteiger partial charge in [0.2, 0.25) is 0 Å². The number of guanidine groups is 1. The van der Waals surface area contributed by atoms with Crippen LogP contribution in [0.25, 0.3) is 0 Å². The second-order valence-corrected chi connectivity index (χ2v) is 6.44. The van der Waals surface area contributed by atoms with E-state index >= 15 is 0 Å². The number of likely N-dealkylation sites (tertiary alicyclic amines) is 1. The highest BCUT2D eigenvalue weighted by Crippen LogP contribution is 2.16. The first-order chi connectivity index (χ1) is 12.3. The van der Waals surface area contributed by atoms with Gasteiger partial charge in [-0.25, -0.2) is 0 Å². The first kappa shape index (κ1) is 23.0. The largest absolute Gasteiger partial charge is 0.494 e. The molecule has 0 aromatic heterocycles. The van der Waals surface area contributed by atoms with Crippen molar-refractivity contribution in [1.29, 1.82) is 0 Å². The maximum atomic E-state index is 5.72. The third-order valence-corrected chi connectivity index (χ3v) is 4.59. The van der Waals surface area contributed by atoms with Gasteiger partial charge in [-0.05, 0) is 57.8 Å². The fraction of sp³-hybridized carbons (Fsp3) is 0.650. The van der Waals surface area contributed by atoms with Crippen molar-refractivity contribution in [3.8, 4) is 5.75 Å². The summed E-state index contributed by atoms with van der Waals surface area (Å²) in [5, 5.41) is 6.79. The summed E-state index contributed by atoms with van der Waals surface area (Å²) in [5.74, 6) is 1.89. The molecule has 0 aliphatic carbocycles. The van der Waals surface area contributed by atoms with E-state index < -0.39 is 0 Å². The number of halogens is 1. The lowest BCUT2D eigenvalue weighted by molar-refractivity contribution is 0.273. The van der Waals surface area contributed by atoms with E-state index in [0.717, 1.165) is 57.3 Å². The summed E-state index contributed by atoms with van der Waals surface area (Å²) in [5.41, 5.74) is 0. The molecule has 26 heavy (non-hydrogen) atoms. The molecule has 1 aliphatic heterocycles. The molecule has 1 heterocycles. The van der Waals surface area contributed by atoms with Crippen molar-refractivity contribution >= 4 is 29.9 Å². The number of hydrogen-bond acceptors (Lipinski definition) is 3. The Hall–Kier alpha value is -1.02. The molecule has 1 unspecified atom stereocenters. The zero-order valence-electron chi connectivity index (χ0n) is 16.2. The monoisotopic (exact) mass is 474 g/mol. The second kappa shape index (κ2) is 14.1. The van der Waals surface area contributed by atoms with Gasteiger partial charge in [-0.3, -0.25) is 9.89 Å². The molecular formula is C20H35IN4O. The van der Waals surface area contributed by atoms with Crippen molar-refractivity contribution in [3.63, 3.8) is 0 Å². The standard InChI is InChI=1S/C20H34N4O.HI/c1-3-21-20(23-17-18-11-10-15-24(18)4-2)22-14-8-9-16-25-19-12-6-5-7-13-19;/h5-7,12-13,18H,3-4,8-11,14-17H2,1-2H3,(H2,21,22,23);1H. The zero-order valence-corrected chi connectivity index (χ0v) is 18.6. The van der Waals surface area contributed by atoms with E-state index in [-0.39, 0.29) is 24.0 Å². The van der Waals surface area contributed by atoms with E-state index in [1.807, 2.05) is 30.3 Å². The van der Waals surface area contributed by atoms with Crippen LogP contribution in [0, 0.1) is 0 Å². The van der Waals surface area contributed by atoms with Gasteiger partial charge in [-0.1, -0.05) is 25.1 Å². The van der Waals surface area contributed by atoms with E-state index in [4.69, 9.17) is 9.73 Å². The number of nitrogens with zero attached hydrogens (tertiary/aromatic N) is 2. The lowest BCUT2D eigenvalue weighted by atomic mass is 10.2. The molecule has 0 amide bonds. The summed E-state index contributed by atoms with van der Waals surface area (Å²) in [6.45, 7) is 10.2. The van der Waals surface area contributed by atoms with E-state index in [1.54, 1.807) is 0 Å². The van der Waals surface area contributed by atoms with E-state index in [1.165, 1.54) is 19.4 Å². The van der Waals surface area contributed by atoms with Crippen LogP contribution in [0.1, 0.15) is 39.5 Å². The lowest BCUT2D eigenvalue weighted by Crippen LogP contribution is -2.39. The maximum absolute atomic E-state index is 5.72. The Kier molecular flexibility index (Phi) is 12.5. The van der Waals surface area contributed by atoms with Gasteiger partial charge in [-0.2, -0.15) is 0 Å². The van der Waals surface area contributed by atoms with Gasteiger partial charge in [0, 0.05) is 19.1 Å². The predicted octanol–water partition coefficient (Wildman–Crippen LogP) is 3.50. The van der Waals surface area contributed by atoms with Crippen LogP contribution in [-0.4, -0.2) is 56.2 Å². The number of nitrogens with one attached hydrogen (secondary N) is 2. The van der Waals surface area contributed by atoms with Gasteiger partial charge in [-0.15, -0.1) is 24.0 Å². The molecule has 148 valence electrons. The van der Waals surface area contributed by atoms with Crippen molar-refractivity contribution < 1.29 is 4.74 Å². The molecule has 1 aliphatic rings. The lowest BCUT2D eigenvalue weighted by Gasteiger charge is -2.21. The number of rotatable bonds is 10. The van der Waals surface area contributed by atoms with E-state index in [9.17, 15) is 0 Å². The van der Waals surface area contributed by atoms with Crippen molar-refractivity contribution in [2.45, 2.75) is 45.6 Å². The van der Waals surface area contributed by atoms with Crippen molar-refractivity contribution in [3.05, 3.63) is 30.3 Å². The minimum absolute atomic E-state index is 0. The zero-order chi connectivity index (χ0) is 17.7. The quantitative estimate of drug-likeness (QED) is 0.236. The molecule has 1 atom stereocenters. The molecule has 1 saturated heterocycles. The molecule has 5 nitrogen and oxygen atoms in total. The minimum atomic E-state index is 0. The molecule has 0 bridgehead atoms. The number of hydrogen-bond donors (Lipinski definition) is 2. The number of para-hydroxylation sites is 1. The Balaban J connectivity index is 0.00000338. The fourth-order valence-electron chi connectivity index (χ4n) is 3.20. The number of benzene rings is 1. The highest BCUT2D eigenvalue weighted by atomic mass is 127. The second-order valence-electron chi connectivity index (χ2n) is 6.44. The Morgan fingerprint density at radius 2 is 2.00 bits per heavy atom. The third kappa shape index (κ3) is 8.58. The number of unbranched alkanes of at least 4 members (excludes halogenated alkanes) is 1. The van der Waals surface area contributed by atoms with Crippen molar-refractivity contribution in [2.75, 3.05) is 39.3 Å². The smallest absolute Gasteiger partial charge is 0.191 e. The topological polar surface area (TPSA) is 48.9 Å². The summed E-state index contributed by atoms with van der Waals surface area (Å²) in [7, 11) is 0. The first-order valence-electron chi connectivity index (χ1n) is 9.77. The highest BCUT2D eigenvalue weighted by Gasteiger charge is 2.22. The van der Waals surface area contributed by atoms with Gasteiger partial charge < -0.3 is 15.4 Å². The first-order valence-corrected chi connectivity index (χ1v) is 9.77. The van der Waals surface area contributed by atoms with Gasteiger partial charge in [0.1, 0.15) is 5.75 Å². The molecular weight excluding hydrogens is 439 g/mol. The SMILES string of the molecule is CCNC(=NCC1CCCN1CC)NCCCCOc1ccccc1.I. The normalized spacial score (nSPS) is 17.6. The van der Waals surface area contributed by atoms with Crippen LogP contribution < -0.4 is 15.4 Å². The summed E-state index contributed by atoms with van der Waals surface area (Å²) in [4.78, 5) is 7.32. The van der Waals surface area contributed by atoms with Crippen molar-refractivity contribution in [2.24, 2.45) is 4.99 Å². The maximum Gasteiger partial charge on any atom is 0.191 e. The van der Waals surface area contributed by atoms with Gasteiger partial charge in [0.15, 0.2) is 5.96 Å². The van der Waals surface area contributed by atoms with Crippen molar-refractivity contribution in [1.82, 2.24) is 15.5 Å². The summed E-state index contributed by atoms with van der Waals surface area (Å²) in [6, 6.07) is 10.6. The Labute approximate surface area is 176 Å². The Morgan fingerprint density at radius 1 is 1.19 bits per heavy atom. The summed E-state index contributed by atoms with van der Waals surface area (Å²) in [6.07, 6.45) is 4.68. The fourth-order valence-corrected chi connectivity index (χ4v) is 3.20. The average Bonchev–Trinajstić information content (AvgIpc) is 3.11. The molecule has 2 rings (SSSR count). The van der Waals surface area contributed by atoms with Gasteiger partial charge >= 0.3 is 0 Å². The molecule has 0 spiro atoms. The van der Waals surface area contributed by atoms with Crippen LogP contribution in [0.3, 0.4) is 0 Å². The molecule has 1 aromatic carbocycles. The minimum Gasteiger partial charge on any atom is -0.494 e. The molecule has 2 N–H and O–H groups in total. The van der Waals surface area contributed by atoms with Gasteiger partial charge in [0.25, 0.3) is 0 Å². The molecule has 0 radical (unpaired) electrons. The van der Waals surface area contributed by atoms with Crippen LogP contribution in [0.2, 0.25) is 0 Å². The predicted molar refractivity (Wildman–Crippen MR) is 121 cm³/mol. The van der Waals surface area contributed by atoms with Crippen LogP contribution in [0.15, 0.2) is 35.3 Å². The van der Waals surface area contributed by atoms with Gasteiger partial charge in [0.05, 0.1) is 13.2 Å². The highest BCUT2D eigenvalue weighted by molar-refractivity contribution is 14.0. The number of aliphatic imine (C=N–C) groups is 1. The number of likely N-dealkylation sites (N-methyl/N-ethyl adjacent to an activating group) is 1. The summed E-state index contributed by atoms with van der Waals surface area (Å²) >= 11 is 0. The Morgan fingerprint density at radius 3 is 2.73 bits per heavy atom. The van der Waals surface area contributed by atoms with Crippen LogP contribution >= 0.6 is 24.0 Å². The summed E-state index contributed by atoms with van der Waals surface area (Å²) < 4.78 is 5.72. The average molecular weight is 474 g/mol. The van der Waals surface area contributed by atoms with E-state index in [0.29, 0.717) is 6.04 Å². The molecule has 1 fully saturated rings. The van der Waals surface area contributed by atoms with E-state index in [2.05, 4.69) is 29.4 Å². The molecule has 0 saturated carbocycles. The van der Waals surface area contributed by atoms with Crippen LogP contribution in [0.5, 0.6) is 5.75 Å². The molecule has 6 heteroatoms. The Bertz CT molecular complexity index is 498. The van der Waals surface area contributed by atoms with Crippen LogP contribution in [0.4, 0.5) is 0 Å². The number of ether oxygens (including phenoxy) is 1. The molecule has 1 aromatic rings. The van der Waals surface area contributed by atoms with Crippen LogP contribution in [-0.2, 0) is 0 Å². The third-order valence-electron chi connectivity index (χ3n) is 4.59.